The highest BCUT2D eigenvalue weighted by molar-refractivity contribution is 7.60. The lowest BCUT2D eigenvalue weighted by Crippen LogP contribution is -2.37. The van der Waals surface area contributed by atoms with E-state index in [0.717, 1.165) is 49.7 Å². The van der Waals surface area contributed by atoms with Crippen LogP contribution in [-0.2, 0) is 26.3 Å². The molecule has 7 N–H and O–H groups in total. The van der Waals surface area contributed by atoms with Gasteiger partial charge in [0.15, 0.2) is 0 Å². The minimum atomic E-state index is -5.16. The second kappa shape index (κ2) is 23.5. The molecule has 0 amide bonds. The Morgan fingerprint density at radius 3 is 1.48 bits per heavy atom. The van der Waals surface area contributed by atoms with E-state index >= 15 is 0 Å². The van der Waals surface area contributed by atoms with Gasteiger partial charge in [-0.25, -0.2) is 9.13 Å². The molecule has 0 aliphatic carbocycles. The van der Waals surface area contributed by atoms with Crippen molar-refractivity contribution < 1.29 is 53.1 Å². The number of aryl methyl sites for hydroxylation is 1. The van der Waals surface area contributed by atoms with Gasteiger partial charge >= 0.3 is 15.6 Å². The topological polar surface area (TPSA) is 194 Å². The van der Waals surface area contributed by atoms with Gasteiger partial charge < -0.3 is 34.7 Å². The van der Waals surface area contributed by atoms with Crippen LogP contribution in [-0.4, -0.2) is 61.5 Å². The molecular weight excluding hydrogens is 586 g/mol. The van der Waals surface area contributed by atoms with Crippen LogP contribution in [0.1, 0.15) is 115 Å². The molecule has 0 radical (unpaired) electrons. The zero-order valence-electron chi connectivity index (χ0n) is 25.5. The molecule has 11 nitrogen and oxygen atoms in total. The molecule has 1 aromatic carbocycles. The molecule has 0 spiro atoms. The number of hydrogen-bond donors (Lipinski definition) is 7. The summed E-state index contributed by atoms with van der Waals surface area (Å²) in [5.74, 6) is 0.167. The van der Waals surface area contributed by atoms with Crippen LogP contribution in [0.15, 0.2) is 18.2 Å². The summed E-state index contributed by atoms with van der Waals surface area (Å²) in [7, 11) is -10.1. The second-order valence-corrected chi connectivity index (χ2v) is 13.7. The first-order valence-electron chi connectivity index (χ1n) is 15.3. The van der Waals surface area contributed by atoms with Crippen molar-refractivity contribution in [2.75, 3.05) is 26.4 Å². The Labute approximate surface area is 252 Å². The molecular formula is C29H56O11P2. The van der Waals surface area contributed by atoms with E-state index in [2.05, 4.69) is 18.2 Å². The predicted molar refractivity (Wildman–Crippen MR) is 164 cm³/mol. The number of hydrogen-bond acceptors (Lipinski definition) is 8. The maximum Gasteiger partial charge on any atom is 0.536 e. The van der Waals surface area contributed by atoms with Crippen LogP contribution in [0.4, 0.5) is 0 Å². The van der Waals surface area contributed by atoms with Gasteiger partial charge in [-0.3, -0.25) is 4.89 Å². The molecule has 1 aromatic rings. The minimum Gasteiger partial charge on any atom is -0.404 e. The van der Waals surface area contributed by atoms with Crippen molar-refractivity contribution in [3.05, 3.63) is 29.3 Å². The van der Waals surface area contributed by atoms with Gasteiger partial charge in [-0.15, -0.1) is 0 Å². The van der Waals surface area contributed by atoms with E-state index in [4.69, 9.17) is 34.7 Å². The summed E-state index contributed by atoms with van der Waals surface area (Å²) < 4.78 is 32.3. The standard InChI is InChI=1S/C24H44O7P2.C5H12O4/c1-3-5-7-9-11-13-15-18-22-19-17-21-24(30-33(28,29)31-32(25,26)27)23(22)20-16-14-12-10-8-6-4-2;6-1-5(2-7,3-8)4-9/h17,19,21H,3-16,18,20H2,1-2H3,(H,28,29)(H2,25,26,27);6-9H,1-4H2. The van der Waals surface area contributed by atoms with E-state index in [9.17, 15) is 14.0 Å². The summed E-state index contributed by atoms with van der Waals surface area (Å²) >= 11 is 0. The zero-order valence-corrected chi connectivity index (χ0v) is 27.3. The highest BCUT2D eigenvalue weighted by Gasteiger charge is 2.34. The number of phosphoric acid groups is 2. The third-order valence-electron chi connectivity index (χ3n) is 7.07. The van der Waals surface area contributed by atoms with Crippen molar-refractivity contribution >= 4 is 15.6 Å². The molecule has 0 aromatic heterocycles. The predicted octanol–water partition coefficient (Wildman–Crippen LogP) is 5.80. The van der Waals surface area contributed by atoms with E-state index < -0.39 is 47.5 Å². The Morgan fingerprint density at radius 1 is 0.643 bits per heavy atom. The van der Waals surface area contributed by atoms with Crippen LogP contribution in [0.3, 0.4) is 0 Å². The van der Waals surface area contributed by atoms with Crippen LogP contribution >= 0.6 is 15.6 Å². The number of benzene rings is 1. The van der Waals surface area contributed by atoms with Crippen LogP contribution in [0.25, 0.3) is 0 Å². The number of unbranched alkanes of at least 4 members (excludes halogenated alkanes) is 12. The first-order valence-corrected chi connectivity index (χ1v) is 18.3. The average molecular weight is 643 g/mol. The van der Waals surface area contributed by atoms with Gasteiger partial charge in [0.2, 0.25) is 0 Å². The minimum absolute atomic E-state index is 0.167. The van der Waals surface area contributed by atoms with E-state index in [0.29, 0.717) is 6.42 Å². The smallest absolute Gasteiger partial charge is 0.404 e. The Balaban J connectivity index is 0.00000160. The molecule has 1 unspecified atom stereocenters. The zero-order chi connectivity index (χ0) is 31.9. The molecule has 1 rings (SSSR count). The quantitative estimate of drug-likeness (QED) is 0.0532. The van der Waals surface area contributed by atoms with Crippen molar-refractivity contribution in [1.82, 2.24) is 0 Å². The fraction of sp³-hybridized carbons (Fsp3) is 0.793. The van der Waals surface area contributed by atoms with Gasteiger partial charge in [-0.2, -0.15) is 4.31 Å². The normalized spacial score (nSPS) is 13.4. The molecule has 0 aliphatic heterocycles. The fourth-order valence-corrected chi connectivity index (χ4v) is 5.95. The summed E-state index contributed by atoms with van der Waals surface area (Å²) in [6, 6.07) is 5.32. The molecule has 0 bridgehead atoms. The fourth-order valence-electron chi connectivity index (χ4n) is 4.32. The van der Waals surface area contributed by atoms with Crippen LogP contribution in [0.5, 0.6) is 5.75 Å². The second-order valence-electron chi connectivity index (χ2n) is 10.9. The number of aliphatic hydroxyl groups is 4. The summed E-state index contributed by atoms with van der Waals surface area (Å²) in [4.78, 5) is 27.7. The Hall–Kier alpha value is -0.840. The van der Waals surface area contributed by atoms with Crippen molar-refractivity contribution in [1.29, 1.82) is 0 Å². The van der Waals surface area contributed by atoms with Crippen molar-refractivity contribution in [3.8, 4) is 5.75 Å². The van der Waals surface area contributed by atoms with Gasteiger partial charge in [0, 0.05) is 0 Å². The van der Waals surface area contributed by atoms with E-state index in [1.165, 1.54) is 57.8 Å². The van der Waals surface area contributed by atoms with Gasteiger partial charge in [-0.1, -0.05) is 103 Å². The molecule has 0 aliphatic rings. The number of phosphoric ester groups is 1. The monoisotopic (exact) mass is 642 g/mol. The third-order valence-corrected chi connectivity index (χ3v) is 9.18. The number of rotatable bonds is 24. The van der Waals surface area contributed by atoms with Crippen molar-refractivity contribution in [2.45, 2.75) is 117 Å². The first-order chi connectivity index (χ1) is 19.9. The van der Waals surface area contributed by atoms with Gasteiger partial charge in [-0.05, 0) is 42.9 Å². The molecule has 0 fully saturated rings. The largest absolute Gasteiger partial charge is 0.536 e. The molecule has 42 heavy (non-hydrogen) atoms. The maximum atomic E-state index is 12.1. The summed E-state index contributed by atoms with van der Waals surface area (Å²) in [5.41, 5.74) is 0.781. The average Bonchev–Trinajstić information content (AvgIpc) is 2.93. The lowest BCUT2D eigenvalue weighted by atomic mass is 9.93. The lowest BCUT2D eigenvalue weighted by Gasteiger charge is -2.23. The molecule has 0 saturated heterocycles. The molecule has 248 valence electrons. The van der Waals surface area contributed by atoms with Crippen molar-refractivity contribution in [3.63, 3.8) is 0 Å². The maximum absolute atomic E-state index is 12.1. The summed E-state index contributed by atoms with van der Waals surface area (Å²) in [6.07, 6.45) is 18.0. The lowest BCUT2D eigenvalue weighted by molar-refractivity contribution is -0.0328. The van der Waals surface area contributed by atoms with E-state index in [1.54, 1.807) is 12.1 Å². The Morgan fingerprint density at radius 2 is 1.07 bits per heavy atom. The number of aliphatic hydroxyl groups excluding tert-OH is 4. The molecule has 13 heteroatoms. The molecule has 0 heterocycles. The summed E-state index contributed by atoms with van der Waals surface area (Å²) in [5, 5.41) is 34.0. The van der Waals surface area contributed by atoms with Crippen LogP contribution in [0, 0.1) is 5.41 Å². The first kappa shape index (κ1) is 41.2. The highest BCUT2D eigenvalue weighted by atomic mass is 31.3. The molecule has 0 saturated carbocycles. The Kier molecular flexibility index (Phi) is 23.1. The van der Waals surface area contributed by atoms with Gasteiger partial charge in [0.05, 0.1) is 31.8 Å². The van der Waals surface area contributed by atoms with Gasteiger partial charge in [0.25, 0.3) is 0 Å². The van der Waals surface area contributed by atoms with E-state index in [1.807, 2.05) is 6.07 Å². The SMILES string of the molecule is CCCCCCCCCc1cccc(OP(=O)(O)OP(=O)(O)O)c1CCCCCCCCC.OCC(CO)(CO)CO. The molecule has 1 atom stereocenters. The van der Waals surface area contributed by atoms with E-state index in [-0.39, 0.29) is 5.75 Å². The van der Waals surface area contributed by atoms with Gasteiger partial charge in [0.1, 0.15) is 5.75 Å². The highest BCUT2D eigenvalue weighted by Crippen LogP contribution is 2.57. The van der Waals surface area contributed by atoms with Crippen LogP contribution in [0.2, 0.25) is 0 Å². The van der Waals surface area contributed by atoms with Crippen LogP contribution < -0.4 is 4.52 Å². The van der Waals surface area contributed by atoms with Crippen molar-refractivity contribution in [2.24, 2.45) is 5.41 Å². The summed E-state index contributed by atoms with van der Waals surface area (Å²) in [6.45, 7) is 2.78. The third kappa shape index (κ3) is 19.4. The Bertz CT molecular complexity index is 886.